The Morgan fingerprint density at radius 2 is 1.55 bits per heavy atom. The van der Waals surface area contributed by atoms with Crippen molar-refractivity contribution in [2.45, 2.75) is 31.4 Å². The fourth-order valence-corrected chi connectivity index (χ4v) is 5.20. The summed E-state index contributed by atoms with van der Waals surface area (Å²) in [5.41, 5.74) is 3.83. The normalized spacial score (nSPS) is 17.1. The summed E-state index contributed by atoms with van der Waals surface area (Å²) in [5, 5.41) is 12.3. The molecule has 1 aliphatic heterocycles. The van der Waals surface area contributed by atoms with Gasteiger partial charge < -0.3 is 10.1 Å². The number of carbonyl (C=O) groups is 1. The molecule has 1 aliphatic rings. The van der Waals surface area contributed by atoms with E-state index in [-0.39, 0.29) is 11.8 Å². The highest BCUT2D eigenvalue weighted by Crippen LogP contribution is 2.33. The standard InChI is InChI=1S/C29H30N2O2/c32-28(25-20-30-26-14-8-7-13-24(25)26)29(33)27(23-11-5-2-6-12-23)31-17-15-22(16-18-31)19-21-9-3-1-4-10-21/h1-14,20,22,27,29-30,33H,15-19H2. The third-order valence-corrected chi connectivity index (χ3v) is 6.97. The molecule has 0 spiro atoms. The summed E-state index contributed by atoms with van der Waals surface area (Å²) < 4.78 is 0. The van der Waals surface area contributed by atoms with Crippen LogP contribution in [-0.4, -0.2) is 40.0 Å². The van der Waals surface area contributed by atoms with Crippen LogP contribution in [0.25, 0.3) is 10.9 Å². The molecule has 2 N–H and O–H groups in total. The minimum Gasteiger partial charge on any atom is -0.383 e. The van der Waals surface area contributed by atoms with Gasteiger partial charge in [0.1, 0.15) is 6.10 Å². The highest BCUT2D eigenvalue weighted by Gasteiger charge is 2.35. The summed E-state index contributed by atoms with van der Waals surface area (Å²) in [6.07, 6.45) is 3.81. The van der Waals surface area contributed by atoms with Gasteiger partial charge in [-0.1, -0.05) is 78.9 Å². The molecule has 1 saturated heterocycles. The van der Waals surface area contributed by atoms with E-state index in [1.54, 1.807) is 6.20 Å². The van der Waals surface area contributed by atoms with Crippen LogP contribution in [0.15, 0.2) is 91.1 Å². The molecule has 168 valence electrons. The van der Waals surface area contributed by atoms with Crippen LogP contribution < -0.4 is 0 Å². The lowest BCUT2D eigenvalue weighted by molar-refractivity contribution is 0.0265. The monoisotopic (exact) mass is 438 g/mol. The van der Waals surface area contributed by atoms with Gasteiger partial charge >= 0.3 is 0 Å². The van der Waals surface area contributed by atoms with Crippen LogP contribution in [0.5, 0.6) is 0 Å². The van der Waals surface area contributed by atoms with E-state index in [4.69, 9.17) is 0 Å². The highest BCUT2D eigenvalue weighted by molar-refractivity contribution is 6.10. The SMILES string of the molecule is O=C(c1c[nH]c2ccccc12)C(O)C(c1ccccc1)N1CCC(Cc2ccccc2)CC1. The van der Waals surface area contributed by atoms with Crippen LogP contribution in [-0.2, 0) is 6.42 Å². The Morgan fingerprint density at radius 1 is 0.909 bits per heavy atom. The second-order valence-corrected chi connectivity index (χ2v) is 9.08. The average molecular weight is 439 g/mol. The van der Waals surface area contributed by atoms with Gasteiger partial charge in [-0.05, 0) is 55.5 Å². The Labute approximate surface area is 194 Å². The van der Waals surface area contributed by atoms with Crippen molar-refractivity contribution < 1.29 is 9.90 Å². The molecule has 2 atom stereocenters. The van der Waals surface area contributed by atoms with Crippen LogP contribution in [0.1, 0.15) is 40.4 Å². The number of aromatic nitrogens is 1. The van der Waals surface area contributed by atoms with Crippen LogP contribution in [0.3, 0.4) is 0 Å². The van der Waals surface area contributed by atoms with E-state index in [0.717, 1.165) is 48.8 Å². The van der Waals surface area contributed by atoms with Crippen molar-refractivity contribution in [3.63, 3.8) is 0 Å². The smallest absolute Gasteiger partial charge is 0.195 e. The number of carbonyl (C=O) groups excluding carboxylic acids is 1. The lowest BCUT2D eigenvalue weighted by atomic mass is 9.87. The number of aliphatic hydroxyl groups excluding tert-OH is 1. The number of Topliss-reactive ketones (excluding diaryl/α,β-unsaturated/α-hetero) is 1. The molecule has 33 heavy (non-hydrogen) atoms. The zero-order valence-corrected chi connectivity index (χ0v) is 18.7. The molecule has 4 aromatic rings. The summed E-state index contributed by atoms with van der Waals surface area (Å²) in [6.45, 7) is 1.74. The topological polar surface area (TPSA) is 56.3 Å². The number of aromatic amines is 1. The van der Waals surface area contributed by atoms with Crippen molar-refractivity contribution in [1.29, 1.82) is 0 Å². The minimum absolute atomic E-state index is 0.229. The van der Waals surface area contributed by atoms with Gasteiger partial charge in [0.05, 0.1) is 6.04 Å². The van der Waals surface area contributed by atoms with Gasteiger partial charge in [0, 0.05) is 22.7 Å². The van der Waals surface area contributed by atoms with Crippen molar-refractivity contribution in [1.82, 2.24) is 9.88 Å². The summed E-state index contributed by atoms with van der Waals surface area (Å²) >= 11 is 0. The van der Waals surface area contributed by atoms with Gasteiger partial charge in [-0.25, -0.2) is 0 Å². The Kier molecular flexibility index (Phi) is 6.38. The van der Waals surface area contributed by atoms with Crippen LogP contribution in [0.4, 0.5) is 0 Å². The first-order chi connectivity index (χ1) is 16.2. The lowest BCUT2D eigenvalue weighted by Crippen LogP contribution is -2.44. The Bertz CT molecular complexity index is 1190. The van der Waals surface area contributed by atoms with E-state index in [9.17, 15) is 9.90 Å². The van der Waals surface area contributed by atoms with Gasteiger partial charge in [-0.15, -0.1) is 0 Å². The maximum atomic E-state index is 13.5. The largest absolute Gasteiger partial charge is 0.383 e. The molecule has 4 heteroatoms. The molecule has 3 aromatic carbocycles. The number of piperidine rings is 1. The molecule has 2 unspecified atom stereocenters. The number of H-pyrrole nitrogens is 1. The van der Waals surface area contributed by atoms with E-state index in [1.165, 1.54) is 5.56 Å². The minimum atomic E-state index is -1.13. The van der Waals surface area contributed by atoms with E-state index in [2.05, 4.69) is 40.2 Å². The van der Waals surface area contributed by atoms with Crippen molar-refractivity contribution in [3.8, 4) is 0 Å². The average Bonchev–Trinajstić information content (AvgIpc) is 3.30. The van der Waals surface area contributed by atoms with E-state index in [0.29, 0.717) is 11.5 Å². The molecule has 0 bridgehead atoms. The number of nitrogens with zero attached hydrogens (tertiary/aromatic N) is 1. The van der Waals surface area contributed by atoms with Gasteiger partial charge in [-0.2, -0.15) is 0 Å². The molecular weight excluding hydrogens is 408 g/mol. The molecule has 1 aromatic heterocycles. The molecule has 4 nitrogen and oxygen atoms in total. The number of benzene rings is 3. The van der Waals surface area contributed by atoms with Crippen LogP contribution in [0.2, 0.25) is 0 Å². The first-order valence-corrected chi connectivity index (χ1v) is 11.8. The van der Waals surface area contributed by atoms with E-state index >= 15 is 0 Å². The van der Waals surface area contributed by atoms with E-state index in [1.807, 2.05) is 54.6 Å². The zero-order chi connectivity index (χ0) is 22.6. The predicted molar refractivity (Wildman–Crippen MR) is 132 cm³/mol. The highest BCUT2D eigenvalue weighted by atomic mass is 16.3. The summed E-state index contributed by atoms with van der Waals surface area (Å²) in [6, 6.07) is 28.0. The van der Waals surface area contributed by atoms with Crippen molar-refractivity contribution >= 4 is 16.7 Å². The summed E-state index contributed by atoms with van der Waals surface area (Å²) in [7, 11) is 0. The first-order valence-electron chi connectivity index (χ1n) is 11.8. The van der Waals surface area contributed by atoms with Gasteiger partial charge in [0.2, 0.25) is 0 Å². The second kappa shape index (κ2) is 9.74. The number of hydrogen-bond donors (Lipinski definition) is 2. The molecular formula is C29H30N2O2. The summed E-state index contributed by atoms with van der Waals surface area (Å²) in [4.78, 5) is 19.0. The van der Waals surface area contributed by atoms with Crippen molar-refractivity contribution in [2.75, 3.05) is 13.1 Å². The quantitative estimate of drug-likeness (QED) is 0.380. The zero-order valence-electron chi connectivity index (χ0n) is 18.7. The van der Waals surface area contributed by atoms with Crippen molar-refractivity contribution in [2.24, 2.45) is 5.92 Å². The fourth-order valence-electron chi connectivity index (χ4n) is 5.20. The summed E-state index contributed by atoms with van der Waals surface area (Å²) in [5.74, 6) is 0.397. The van der Waals surface area contributed by atoms with Gasteiger partial charge in [0.25, 0.3) is 0 Å². The number of ketones is 1. The number of nitrogens with one attached hydrogen (secondary N) is 1. The molecule has 0 amide bonds. The van der Waals surface area contributed by atoms with Crippen LogP contribution >= 0.6 is 0 Å². The number of likely N-dealkylation sites (tertiary alicyclic amines) is 1. The van der Waals surface area contributed by atoms with Gasteiger partial charge in [0.15, 0.2) is 5.78 Å². The van der Waals surface area contributed by atoms with Crippen LogP contribution in [0, 0.1) is 5.92 Å². The molecule has 0 aliphatic carbocycles. The molecule has 2 heterocycles. The maximum absolute atomic E-state index is 13.5. The maximum Gasteiger partial charge on any atom is 0.195 e. The second-order valence-electron chi connectivity index (χ2n) is 9.08. The number of fused-ring (bicyclic) bond motifs is 1. The molecule has 0 saturated carbocycles. The third kappa shape index (κ3) is 4.63. The van der Waals surface area contributed by atoms with E-state index < -0.39 is 6.10 Å². The number of para-hydroxylation sites is 1. The first kappa shape index (κ1) is 21.6. The Hall–Kier alpha value is -3.21. The number of hydrogen-bond acceptors (Lipinski definition) is 3. The predicted octanol–water partition coefficient (Wildman–Crippen LogP) is 5.41. The Morgan fingerprint density at radius 3 is 2.27 bits per heavy atom. The molecule has 1 fully saturated rings. The molecule has 5 rings (SSSR count). The molecule has 0 radical (unpaired) electrons. The van der Waals surface area contributed by atoms with Gasteiger partial charge in [-0.3, -0.25) is 9.69 Å². The fraction of sp³-hybridized carbons (Fsp3) is 0.276. The van der Waals surface area contributed by atoms with Crippen molar-refractivity contribution in [3.05, 3.63) is 108 Å². The lowest BCUT2D eigenvalue weighted by Gasteiger charge is -2.39. The number of rotatable bonds is 7. The third-order valence-electron chi connectivity index (χ3n) is 6.97. The Balaban J connectivity index is 1.36. The number of aliphatic hydroxyl groups is 1.